The van der Waals surface area contributed by atoms with Crippen LogP contribution in [-0.2, 0) is 9.53 Å². The summed E-state index contributed by atoms with van der Waals surface area (Å²) in [5, 5.41) is 8.20. The van der Waals surface area contributed by atoms with Crippen LogP contribution in [0.5, 0.6) is 0 Å². The van der Waals surface area contributed by atoms with Gasteiger partial charge in [0.1, 0.15) is 0 Å². The van der Waals surface area contributed by atoms with Crippen molar-refractivity contribution in [2.24, 2.45) is 0 Å². The van der Waals surface area contributed by atoms with Crippen molar-refractivity contribution in [3.63, 3.8) is 0 Å². The highest BCUT2D eigenvalue weighted by Gasteiger charge is 1.99. The minimum atomic E-state index is -0.151. The van der Waals surface area contributed by atoms with Gasteiger partial charge in [-0.15, -0.1) is 0 Å². The number of rotatable bonds is 6. The lowest BCUT2D eigenvalue weighted by Crippen LogP contribution is -2.04. The molecular weight excluding hydrogens is 174 g/mol. The summed E-state index contributed by atoms with van der Waals surface area (Å²) in [6.45, 7) is 2.24. The Hall–Kier alpha value is -0.690. The van der Waals surface area contributed by atoms with Crippen molar-refractivity contribution in [3.8, 4) is 6.07 Å². The first-order chi connectivity index (χ1) is 5.81. The third-order valence-electron chi connectivity index (χ3n) is 1.11. The number of hydrogen-bond acceptors (Lipinski definition) is 4. The van der Waals surface area contributed by atoms with Crippen LogP contribution in [0.4, 0.5) is 0 Å². The molecule has 0 heterocycles. The third-order valence-corrected chi connectivity index (χ3v) is 2.10. The molecule has 68 valence electrons. The van der Waals surface area contributed by atoms with Crippen molar-refractivity contribution in [2.45, 2.75) is 19.8 Å². The average Bonchev–Trinajstić information content (AvgIpc) is 2.05. The van der Waals surface area contributed by atoms with E-state index >= 15 is 0 Å². The summed E-state index contributed by atoms with van der Waals surface area (Å²) in [5.74, 6) is 1.40. The zero-order chi connectivity index (χ0) is 9.23. The molecule has 0 radical (unpaired) electrons. The maximum Gasteiger partial charge on any atom is 0.306 e. The molecule has 0 aromatic rings. The minimum absolute atomic E-state index is 0.151. The van der Waals surface area contributed by atoms with Crippen LogP contribution in [0.1, 0.15) is 19.8 Å². The van der Waals surface area contributed by atoms with Crippen LogP contribution >= 0.6 is 11.8 Å². The number of thioether (sulfide) groups is 1. The molecule has 0 fully saturated rings. The standard InChI is InChI=1S/C8H13NO2S/c1-2-11-8(10)4-7-12-6-3-5-9/h2-4,6-7H2,1H3. The summed E-state index contributed by atoms with van der Waals surface area (Å²) in [7, 11) is 0. The lowest BCUT2D eigenvalue weighted by atomic mass is 10.5. The number of hydrogen-bond donors (Lipinski definition) is 0. The Morgan fingerprint density at radius 2 is 2.33 bits per heavy atom. The molecule has 0 unspecified atom stereocenters. The monoisotopic (exact) mass is 187 g/mol. The minimum Gasteiger partial charge on any atom is -0.466 e. The van der Waals surface area contributed by atoms with Crippen molar-refractivity contribution in [3.05, 3.63) is 0 Å². The molecule has 3 nitrogen and oxygen atoms in total. The zero-order valence-electron chi connectivity index (χ0n) is 7.21. The van der Waals surface area contributed by atoms with Gasteiger partial charge in [0, 0.05) is 17.9 Å². The summed E-state index contributed by atoms with van der Waals surface area (Å²) in [5.41, 5.74) is 0. The number of nitrogens with zero attached hydrogens (tertiary/aromatic N) is 1. The highest BCUT2D eigenvalue weighted by Crippen LogP contribution is 2.04. The number of nitriles is 1. The quantitative estimate of drug-likeness (QED) is 0.468. The molecule has 0 aliphatic rings. The van der Waals surface area contributed by atoms with E-state index < -0.39 is 0 Å². The predicted molar refractivity (Wildman–Crippen MR) is 48.8 cm³/mol. The topological polar surface area (TPSA) is 50.1 Å². The Morgan fingerprint density at radius 1 is 1.58 bits per heavy atom. The second kappa shape index (κ2) is 8.41. The van der Waals surface area contributed by atoms with E-state index in [0.717, 1.165) is 11.5 Å². The van der Waals surface area contributed by atoms with E-state index in [4.69, 9.17) is 10.00 Å². The zero-order valence-corrected chi connectivity index (χ0v) is 8.02. The lowest BCUT2D eigenvalue weighted by Gasteiger charge is -1.99. The number of ether oxygens (including phenoxy) is 1. The van der Waals surface area contributed by atoms with Crippen LogP contribution < -0.4 is 0 Å². The summed E-state index contributed by atoms with van der Waals surface area (Å²) >= 11 is 1.61. The highest BCUT2D eigenvalue weighted by molar-refractivity contribution is 7.99. The molecule has 4 heteroatoms. The van der Waals surface area contributed by atoms with Gasteiger partial charge in [-0.2, -0.15) is 17.0 Å². The summed E-state index contributed by atoms with van der Waals surface area (Å²) in [6, 6.07) is 2.04. The number of carbonyl (C=O) groups excluding carboxylic acids is 1. The van der Waals surface area contributed by atoms with Gasteiger partial charge >= 0.3 is 5.97 Å². The predicted octanol–water partition coefficient (Wildman–Crippen LogP) is 1.59. The molecule has 0 amide bonds. The van der Waals surface area contributed by atoms with Crippen LogP contribution in [0, 0.1) is 11.3 Å². The molecule has 0 N–H and O–H groups in total. The number of carbonyl (C=O) groups is 1. The van der Waals surface area contributed by atoms with E-state index in [9.17, 15) is 4.79 Å². The van der Waals surface area contributed by atoms with Crippen LogP contribution in [0.15, 0.2) is 0 Å². The van der Waals surface area contributed by atoms with Gasteiger partial charge in [0.25, 0.3) is 0 Å². The van der Waals surface area contributed by atoms with E-state index in [2.05, 4.69) is 0 Å². The molecule has 0 saturated heterocycles. The fourth-order valence-electron chi connectivity index (χ4n) is 0.609. The third kappa shape index (κ3) is 7.42. The first kappa shape index (κ1) is 11.3. The van der Waals surface area contributed by atoms with Crippen molar-refractivity contribution in [1.29, 1.82) is 5.26 Å². The maximum absolute atomic E-state index is 10.8. The van der Waals surface area contributed by atoms with Gasteiger partial charge in [-0.1, -0.05) is 0 Å². The van der Waals surface area contributed by atoms with Crippen LogP contribution in [0.2, 0.25) is 0 Å². The Balaban J connectivity index is 3.09. The fraction of sp³-hybridized carbons (Fsp3) is 0.750. The van der Waals surface area contributed by atoms with Gasteiger partial charge in [-0.05, 0) is 6.92 Å². The molecule has 0 rings (SSSR count). The smallest absolute Gasteiger partial charge is 0.306 e. The number of esters is 1. The normalized spacial score (nSPS) is 9.00. The van der Waals surface area contributed by atoms with Crippen molar-refractivity contribution >= 4 is 17.7 Å². The van der Waals surface area contributed by atoms with Crippen LogP contribution in [0.25, 0.3) is 0 Å². The highest BCUT2D eigenvalue weighted by atomic mass is 32.2. The first-order valence-electron chi connectivity index (χ1n) is 3.91. The van der Waals surface area contributed by atoms with E-state index in [1.807, 2.05) is 6.07 Å². The molecule has 0 spiro atoms. The molecule has 0 bridgehead atoms. The molecule has 0 aliphatic heterocycles. The average molecular weight is 187 g/mol. The van der Waals surface area contributed by atoms with Crippen LogP contribution in [-0.4, -0.2) is 24.1 Å². The van der Waals surface area contributed by atoms with Gasteiger partial charge in [0.15, 0.2) is 0 Å². The molecule has 0 atom stereocenters. The molecule has 0 aliphatic carbocycles. The molecule has 0 aromatic carbocycles. The molecular formula is C8H13NO2S. The Labute approximate surface area is 77.1 Å². The SMILES string of the molecule is CCOC(=O)CCSCCC#N. The summed E-state index contributed by atoms with van der Waals surface area (Å²) in [4.78, 5) is 10.8. The maximum atomic E-state index is 10.8. The Morgan fingerprint density at radius 3 is 2.92 bits per heavy atom. The van der Waals surface area contributed by atoms with Gasteiger partial charge in [0.05, 0.1) is 19.1 Å². The van der Waals surface area contributed by atoms with Crippen molar-refractivity contribution < 1.29 is 9.53 Å². The van der Waals surface area contributed by atoms with E-state index in [1.54, 1.807) is 18.7 Å². The molecule has 0 aromatic heterocycles. The second-order valence-corrected chi connectivity index (χ2v) is 3.30. The molecule has 0 saturated carbocycles. The van der Waals surface area contributed by atoms with Gasteiger partial charge in [0.2, 0.25) is 0 Å². The Kier molecular flexibility index (Phi) is 7.92. The van der Waals surface area contributed by atoms with Gasteiger partial charge in [-0.3, -0.25) is 4.79 Å². The molecule has 12 heavy (non-hydrogen) atoms. The van der Waals surface area contributed by atoms with Crippen LogP contribution in [0.3, 0.4) is 0 Å². The fourth-order valence-corrected chi connectivity index (χ4v) is 1.36. The van der Waals surface area contributed by atoms with Crippen molar-refractivity contribution in [2.75, 3.05) is 18.1 Å². The Bertz CT molecular complexity index is 165. The van der Waals surface area contributed by atoms with Crippen molar-refractivity contribution in [1.82, 2.24) is 0 Å². The van der Waals surface area contributed by atoms with E-state index in [1.165, 1.54) is 0 Å². The lowest BCUT2D eigenvalue weighted by molar-refractivity contribution is -0.142. The van der Waals surface area contributed by atoms with E-state index in [-0.39, 0.29) is 5.97 Å². The summed E-state index contributed by atoms with van der Waals surface area (Å²) in [6.07, 6.45) is 0.997. The van der Waals surface area contributed by atoms with Gasteiger partial charge < -0.3 is 4.74 Å². The van der Waals surface area contributed by atoms with Gasteiger partial charge in [-0.25, -0.2) is 0 Å². The van der Waals surface area contributed by atoms with E-state index in [0.29, 0.717) is 19.4 Å². The summed E-state index contributed by atoms with van der Waals surface area (Å²) < 4.78 is 4.73. The second-order valence-electron chi connectivity index (χ2n) is 2.08. The largest absolute Gasteiger partial charge is 0.466 e. The first-order valence-corrected chi connectivity index (χ1v) is 5.07.